The van der Waals surface area contributed by atoms with Crippen LogP contribution in [-0.4, -0.2) is 23.0 Å². The minimum Gasteiger partial charge on any atom is -0.448 e. The fourth-order valence-corrected chi connectivity index (χ4v) is 2.59. The third kappa shape index (κ3) is 4.69. The molecule has 2 unspecified atom stereocenters. The third-order valence-electron chi connectivity index (χ3n) is 3.31. The minimum absolute atomic E-state index is 0.144. The predicted molar refractivity (Wildman–Crippen MR) is 92.1 cm³/mol. The smallest absolute Gasteiger partial charge is 0.357 e. The molecule has 1 aromatic carbocycles. The molecule has 0 fully saturated rings. The summed E-state index contributed by atoms with van der Waals surface area (Å²) in [5.74, 6) is -1.09. The fourth-order valence-electron chi connectivity index (χ4n) is 2.02. The number of aromatic nitrogens is 1. The van der Waals surface area contributed by atoms with Crippen molar-refractivity contribution in [1.29, 1.82) is 0 Å². The molecule has 0 radical (unpaired) electrons. The third-order valence-corrected chi connectivity index (χ3v) is 3.88. The Morgan fingerprint density at radius 2 is 1.92 bits per heavy atom. The van der Waals surface area contributed by atoms with Gasteiger partial charge in [-0.2, -0.15) is 0 Å². The summed E-state index contributed by atoms with van der Waals surface area (Å²) in [6, 6.07) is 9.53. The summed E-state index contributed by atoms with van der Waals surface area (Å²) in [6.45, 7) is 3.27. The first-order chi connectivity index (χ1) is 11.4. The Balaban J connectivity index is 1.97. The molecule has 1 amide bonds. The maximum absolute atomic E-state index is 12.2. The van der Waals surface area contributed by atoms with Crippen LogP contribution in [0.4, 0.5) is 0 Å². The number of halogens is 2. The Hall–Kier alpha value is -2.11. The number of nitrogens with one attached hydrogen (secondary N) is 1. The molecule has 5 nitrogen and oxygen atoms in total. The number of carbonyl (C=O) groups excluding carboxylic acids is 2. The van der Waals surface area contributed by atoms with E-state index in [-0.39, 0.29) is 11.7 Å². The highest BCUT2D eigenvalue weighted by atomic mass is 35.5. The van der Waals surface area contributed by atoms with Crippen molar-refractivity contribution < 1.29 is 14.3 Å². The second kappa shape index (κ2) is 8.13. The maximum Gasteiger partial charge on any atom is 0.357 e. The van der Waals surface area contributed by atoms with E-state index in [1.807, 2.05) is 0 Å². The average Bonchev–Trinajstić information content (AvgIpc) is 2.55. The maximum atomic E-state index is 12.2. The normalized spacial score (nSPS) is 13.0. The lowest BCUT2D eigenvalue weighted by Gasteiger charge is -2.19. The molecule has 0 aliphatic rings. The van der Waals surface area contributed by atoms with Crippen LogP contribution in [0.5, 0.6) is 0 Å². The van der Waals surface area contributed by atoms with Gasteiger partial charge in [0, 0.05) is 16.2 Å². The molecule has 0 aliphatic heterocycles. The van der Waals surface area contributed by atoms with Crippen LogP contribution < -0.4 is 5.32 Å². The first-order valence-corrected chi connectivity index (χ1v) is 8.01. The van der Waals surface area contributed by atoms with E-state index < -0.39 is 18.0 Å². The second-order valence-corrected chi connectivity index (χ2v) is 6.00. The fraction of sp³-hybridized carbons (Fsp3) is 0.235. The first-order valence-electron chi connectivity index (χ1n) is 7.26. The monoisotopic (exact) mass is 366 g/mol. The topological polar surface area (TPSA) is 68.3 Å². The summed E-state index contributed by atoms with van der Waals surface area (Å²) < 4.78 is 5.12. The van der Waals surface area contributed by atoms with Crippen LogP contribution in [-0.2, 0) is 9.53 Å². The summed E-state index contributed by atoms with van der Waals surface area (Å²) in [4.78, 5) is 28.0. The summed E-state index contributed by atoms with van der Waals surface area (Å²) >= 11 is 12.0. The molecule has 2 aromatic rings. The van der Waals surface area contributed by atoms with Gasteiger partial charge >= 0.3 is 5.97 Å². The van der Waals surface area contributed by atoms with Crippen molar-refractivity contribution in [2.45, 2.75) is 26.0 Å². The average molecular weight is 367 g/mol. The molecule has 1 heterocycles. The molecule has 0 spiro atoms. The highest BCUT2D eigenvalue weighted by Gasteiger charge is 2.22. The summed E-state index contributed by atoms with van der Waals surface area (Å²) in [7, 11) is 0. The number of hydrogen-bond acceptors (Lipinski definition) is 4. The number of ether oxygens (including phenoxy) is 1. The highest BCUT2D eigenvalue weighted by Crippen LogP contribution is 2.26. The number of pyridine rings is 1. The molecule has 126 valence electrons. The minimum atomic E-state index is -0.965. The number of hydrogen-bond donors (Lipinski definition) is 1. The lowest BCUT2D eigenvalue weighted by molar-refractivity contribution is -0.129. The summed E-state index contributed by atoms with van der Waals surface area (Å²) in [6.07, 6.45) is 0.513. The Bertz CT molecular complexity index is 738. The number of rotatable bonds is 5. The van der Waals surface area contributed by atoms with Crippen LogP contribution in [0, 0.1) is 0 Å². The van der Waals surface area contributed by atoms with Gasteiger partial charge in [0.05, 0.1) is 6.04 Å². The van der Waals surface area contributed by atoms with Gasteiger partial charge in [-0.05, 0) is 43.7 Å². The number of esters is 1. The highest BCUT2D eigenvalue weighted by molar-refractivity contribution is 6.35. The number of nitrogens with zero attached hydrogens (tertiary/aromatic N) is 1. The SMILES string of the molecule is CC(OC(=O)c1ccccn1)C(=O)NC(C)c1ccc(Cl)cc1Cl. The molecule has 7 heteroatoms. The Kier molecular flexibility index (Phi) is 6.17. The molecule has 0 bridgehead atoms. The van der Waals surface area contributed by atoms with E-state index in [4.69, 9.17) is 27.9 Å². The van der Waals surface area contributed by atoms with Crippen LogP contribution in [0.1, 0.15) is 35.9 Å². The quantitative estimate of drug-likeness (QED) is 0.816. The van der Waals surface area contributed by atoms with Gasteiger partial charge < -0.3 is 10.1 Å². The number of carbonyl (C=O) groups is 2. The Morgan fingerprint density at radius 1 is 1.17 bits per heavy atom. The van der Waals surface area contributed by atoms with E-state index in [0.29, 0.717) is 10.0 Å². The van der Waals surface area contributed by atoms with Gasteiger partial charge in [0.1, 0.15) is 5.69 Å². The predicted octanol–water partition coefficient (Wildman–Crippen LogP) is 3.81. The van der Waals surface area contributed by atoms with E-state index in [1.54, 1.807) is 37.3 Å². The van der Waals surface area contributed by atoms with Gasteiger partial charge in [0.2, 0.25) is 0 Å². The second-order valence-electron chi connectivity index (χ2n) is 5.16. The molecule has 0 aliphatic carbocycles. The van der Waals surface area contributed by atoms with Gasteiger partial charge in [-0.15, -0.1) is 0 Å². The van der Waals surface area contributed by atoms with Crippen LogP contribution in [0.3, 0.4) is 0 Å². The number of benzene rings is 1. The largest absolute Gasteiger partial charge is 0.448 e. The van der Waals surface area contributed by atoms with Crippen molar-refractivity contribution in [2.75, 3.05) is 0 Å². The zero-order valence-corrected chi connectivity index (χ0v) is 14.6. The lowest BCUT2D eigenvalue weighted by Crippen LogP contribution is -2.37. The Morgan fingerprint density at radius 3 is 2.54 bits per heavy atom. The molecule has 2 rings (SSSR count). The van der Waals surface area contributed by atoms with Crippen molar-refractivity contribution in [1.82, 2.24) is 10.3 Å². The Labute approximate surface area is 149 Å². The van der Waals surface area contributed by atoms with Crippen molar-refractivity contribution in [3.63, 3.8) is 0 Å². The van der Waals surface area contributed by atoms with E-state index >= 15 is 0 Å². The van der Waals surface area contributed by atoms with Gasteiger partial charge in [0.25, 0.3) is 5.91 Å². The van der Waals surface area contributed by atoms with Crippen molar-refractivity contribution in [3.05, 3.63) is 63.9 Å². The van der Waals surface area contributed by atoms with Crippen LogP contribution in [0.25, 0.3) is 0 Å². The van der Waals surface area contributed by atoms with Crippen LogP contribution in [0.15, 0.2) is 42.6 Å². The van der Waals surface area contributed by atoms with E-state index in [9.17, 15) is 9.59 Å². The standard InChI is InChI=1S/C17H16Cl2N2O3/c1-10(13-7-6-12(18)9-14(13)19)21-16(22)11(2)24-17(23)15-5-3-4-8-20-15/h3-11H,1-2H3,(H,21,22). The summed E-state index contributed by atoms with van der Waals surface area (Å²) in [5.41, 5.74) is 0.864. The van der Waals surface area contributed by atoms with Crippen molar-refractivity contribution in [2.24, 2.45) is 0 Å². The molecule has 2 atom stereocenters. The van der Waals surface area contributed by atoms with E-state index in [0.717, 1.165) is 5.56 Å². The molecule has 0 saturated heterocycles. The van der Waals surface area contributed by atoms with Gasteiger partial charge in [0.15, 0.2) is 6.10 Å². The van der Waals surface area contributed by atoms with Crippen LogP contribution in [0.2, 0.25) is 10.0 Å². The first kappa shape index (κ1) is 18.2. The summed E-state index contributed by atoms with van der Waals surface area (Å²) in [5, 5.41) is 3.72. The zero-order valence-electron chi connectivity index (χ0n) is 13.1. The lowest BCUT2D eigenvalue weighted by atomic mass is 10.1. The van der Waals surface area contributed by atoms with Gasteiger partial charge in [-0.3, -0.25) is 4.79 Å². The van der Waals surface area contributed by atoms with Crippen LogP contribution >= 0.6 is 23.2 Å². The molecular weight excluding hydrogens is 351 g/mol. The van der Waals surface area contributed by atoms with E-state index in [2.05, 4.69) is 10.3 Å². The molecule has 1 N–H and O–H groups in total. The molecule has 1 aromatic heterocycles. The molecule has 24 heavy (non-hydrogen) atoms. The molecule has 0 saturated carbocycles. The van der Waals surface area contributed by atoms with Crippen molar-refractivity contribution >= 4 is 35.1 Å². The van der Waals surface area contributed by atoms with Crippen molar-refractivity contribution in [3.8, 4) is 0 Å². The molecular formula is C17H16Cl2N2O3. The van der Waals surface area contributed by atoms with Gasteiger partial charge in [-0.25, -0.2) is 9.78 Å². The van der Waals surface area contributed by atoms with Gasteiger partial charge in [-0.1, -0.05) is 35.3 Å². The number of amides is 1. The zero-order chi connectivity index (χ0) is 17.7. The van der Waals surface area contributed by atoms with E-state index in [1.165, 1.54) is 19.2 Å².